The van der Waals surface area contributed by atoms with Crippen LogP contribution in [0.2, 0.25) is 0 Å². The number of hydrogen-bond acceptors (Lipinski definition) is 5. The van der Waals surface area contributed by atoms with E-state index in [9.17, 15) is 9.90 Å². The molecular formula is C12H18N6O2. The summed E-state index contributed by atoms with van der Waals surface area (Å²) in [5.41, 5.74) is 0.770. The number of carboxylic acid groups (broad SMARTS) is 1. The molecule has 0 aromatic carbocycles. The topological polar surface area (TPSA) is 98.7 Å². The zero-order valence-electron chi connectivity index (χ0n) is 11.8. The van der Waals surface area contributed by atoms with Gasteiger partial charge in [-0.3, -0.25) is 9.48 Å². The Hall–Kier alpha value is -2.25. The Labute approximate surface area is 116 Å². The number of aryl methyl sites for hydroxylation is 1. The Morgan fingerprint density at radius 2 is 2.20 bits per heavy atom. The largest absolute Gasteiger partial charge is 0.481 e. The summed E-state index contributed by atoms with van der Waals surface area (Å²) in [6.45, 7) is 4.25. The van der Waals surface area contributed by atoms with Crippen LogP contribution in [-0.2, 0) is 18.4 Å². The predicted octanol–water partition coefficient (Wildman–Crippen LogP) is 0.820. The fraction of sp³-hybridized carbons (Fsp3) is 0.583. The average molecular weight is 278 g/mol. The highest BCUT2D eigenvalue weighted by Crippen LogP contribution is 2.18. The number of rotatable bonds is 6. The fourth-order valence-electron chi connectivity index (χ4n) is 2.10. The van der Waals surface area contributed by atoms with E-state index >= 15 is 0 Å². The number of aliphatic carboxylic acids is 1. The lowest BCUT2D eigenvalue weighted by molar-refractivity contribution is -0.142. The van der Waals surface area contributed by atoms with Crippen molar-refractivity contribution in [2.24, 2.45) is 18.9 Å². The van der Waals surface area contributed by atoms with Crippen molar-refractivity contribution < 1.29 is 9.90 Å². The van der Waals surface area contributed by atoms with Crippen LogP contribution < -0.4 is 0 Å². The number of carboxylic acids is 1. The van der Waals surface area contributed by atoms with Gasteiger partial charge < -0.3 is 5.11 Å². The highest BCUT2D eigenvalue weighted by Gasteiger charge is 2.22. The van der Waals surface area contributed by atoms with Gasteiger partial charge in [-0.1, -0.05) is 13.8 Å². The predicted molar refractivity (Wildman–Crippen MR) is 70.6 cm³/mol. The summed E-state index contributed by atoms with van der Waals surface area (Å²) < 4.78 is 3.18. The Morgan fingerprint density at radius 3 is 2.75 bits per heavy atom. The molecule has 108 valence electrons. The number of hydrogen-bond donors (Lipinski definition) is 1. The van der Waals surface area contributed by atoms with Gasteiger partial charge in [0.2, 0.25) is 0 Å². The van der Waals surface area contributed by atoms with Crippen molar-refractivity contribution in [3.63, 3.8) is 0 Å². The number of aromatic nitrogens is 6. The highest BCUT2D eigenvalue weighted by atomic mass is 16.4. The molecule has 0 aliphatic rings. The van der Waals surface area contributed by atoms with Crippen LogP contribution in [0.25, 0.3) is 11.4 Å². The van der Waals surface area contributed by atoms with Crippen LogP contribution in [0.3, 0.4) is 0 Å². The molecule has 8 heteroatoms. The lowest BCUT2D eigenvalue weighted by Crippen LogP contribution is -2.23. The van der Waals surface area contributed by atoms with Crippen LogP contribution in [0.5, 0.6) is 0 Å². The Morgan fingerprint density at radius 1 is 1.45 bits per heavy atom. The second kappa shape index (κ2) is 5.81. The first-order chi connectivity index (χ1) is 9.47. The molecule has 2 heterocycles. The molecule has 20 heavy (non-hydrogen) atoms. The molecule has 0 aliphatic heterocycles. The summed E-state index contributed by atoms with van der Waals surface area (Å²) >= 11 is 0. The van der Waals surface area contributed by atoms with E-state index in [0.717, 1.165) is 5.56 Å². The quantitative estimate of drug-likeness (QED) is 0.840. The molecule has 0 saturated heterocycles. The summed E-state index contributed by atoms with van der Waals surface area (Å²) in [6, 6.07) is 0. The smallest absolute Gasteiger partial charge is 0.308 e. The summed E-state index contributed by atoms with van der Waals surface area (Å²) in [4.78, 5) is 11.3. The average Bonchev–Trinajstić information content (AvgIpc) is 2.96. The minimum atomic E-state index is -0.827. The third-order valence-electron chi connectivity index (χ3n) is 2.99. The molecule has 1 N–H and O–H groups in total. The van der Waals surface area contributed by atoms with Crippen LogP contribution in [0.1, 0.15) is 20.3 Å². The maximum atomic E-state index is 11.3. The summed E-state index contributed by atoms with van der Waals surface area (Å²) in [6.07, 6.45) is 4.03. The van der Waals surface area contributed by atoms with Gasteiger partial charge in [-0.2, -0.15) is 5.10 Å². The minimum absolute atomic E-state index is 0.255. The Kier molecular flexibility index (Phi) is 4.11. The lowest BCUT2D eigenvalue weighted by Gasteiger charge is -2.14. The van der Waals surface area contributed by atoms with Gasteiger partial charge in [-0.25, -0.2) is 4.68 Å². The van der Waals surface area contributed by atoms with E-state index in [4.69, 9.17) is 0 Å². The maximum absolute atomic E-state index is 11.3. The normalized spacial score (nSPS) is 12.8. The first-order valence-corrected chi connectivity index (χ1v) is 6.45. The van der Waals surface area contributed by atoms with Gasteiger partial charge in [-0.15, -0.1) is 5.10 Å². The second-order valence-electron chi connectivity index (χ2n) is 5.25. The zero-order valence-corrected chi connectivity index (χ0v) is 11.8. The van der Waals surface area contributed by atoms with Crippen molar-refractivity contribution in [3.05, 3.63) is 12.4 Å². The van der Waals surface area contributed by atoms with Gasteiger partial charge in [-0.05, 0) is 22.8 Å². The van der Waals surface area contributed by atoms with Crippen molar-refractivity contribution in [2.75, 3.05) is 0 Å². The molecule has 0 amide bonds. The van der Waals surface area contributed by atoms with E-state index in [2.05, 4.69) is 20.6 Å². The summed E-state index contributed by atoms with van der Waals surface area (Å²) in [5.74, 6) is -0.497. The van der Waals surface area contributed by atoms with Crippen molar-refractivity contribution in [2.45, 2.75) is 26.8 Å². The van der Waals surface area contributed by atoms with E-state index in [1.165, 1.54) is 4.68 Å². The molecule has 8 nitrogen and oxygen atoms in total. The molecule has 2 rings (SSSR count). The number of nitrogens with zero attached hydrogens (tertiary/aromatic N) is 6. The van der Waals surface area contributed by atoms with E-state index < -0.39 is 11.9 Å². The molecule has 0 spiro atoms. The van der Waals surface area contributed by atoms with Crippen molar-refractivity contribution in [3.8, 4) is 11.4 Å². The van der Waals surface area contributed by atoms with Gasteiger partial charge in [0, 0.05) is 13.2 Å². The van der Waals surface area contributed by atoms with Crippen LogP contribution in [0.15, 0.2) is 12.4 Å². The van der Waals surface area contributed by atoms with Crippen LogP contribution in [-0.4, -0.2) is 41.1 Å². The zero-order chi connectivity index (χ0) is 14.7. The molecule has 0 aliphatic carbocycles. The third kappa shape index (κ3) is 3.19. The molecule has 2 aromatic rings. The van der Waals surface area contributed by atoms with E-state index in [1.807, 2.05) is 13.8 Å². The first kappa shape index (κ1) is 14.2. The minimum Gasteiger partial charge on any atom is -0.481 e. The van der Waals surface area contributed by atoms with Crippen LogP contribution >= 0.6 is 0 Å². The Balaban J connectivity index is 2.21. The molecule has 1 atom stereocenters. The molecule has 0 radical (unpaired) electrons. The molecule has 0 fully saturated rings. The monoisotopic (exact) mass is 278 g/mol. The van der Waals surface area contributed by atoms with Gasteiger partial charge in [0.05, 0.1) is 24.2 Å². The highest BCUT2D eigenvalue weighted by molar-refractivity contribution is 5.70. The van der Waals surface area contributed by atoms with Gasteiger partial charge >= 0.3 is 5.97 Å². The van der Waals surface area contributed by atoms with E-state index in [1.54, 1.807) is 24.1 Å². The molecule has 1 unspecified atom stereocenters. The van der Waals surface area contributed by atoms with Crippen molar-refractivity contribution in [1.29, 1.82) is 0 Å². The summed E-state index contributed by atoms with van der Waals surface area (Å²) in [7, 11) is 1.80. The summed E-state index contributed by atoms with van der Waals surface area (Å²) in [5, 5.41) is 24.8. The molecule has 0 saturated carbocycles. The lowest BCUT2D eigenvalue weighted by atomic mass is 9.97. The number of tetrazole rings is 1. The van der Waals surface area contributed by atoms with Gasteiger partial charge in [0.25, 0.3) is 0 Å². The SMILES string of the molecule is CC(C)CC(Cn1nnnc1-c1cnn(C)c1)C(=O)O. The van der Waals surface area contributed by atoms with Crippen molar-refractivity contribution >= 4 is 5.97 Å². The molecular weight excluding hydrogens is 260 g/mol. The van der Waals surface area contributed by atoms with E-state index in [-0.39, 0.29) is 6.54 Å². The molecule has 0 bridgehead atoms. The maximum Gasteiger partial charge on any atom is 0.308 e. The van der Waals surface area contributed by atoms with Crippen LogP contribution in [0, 0.1) is 11.8 Å². The molecule has 2 aromatic heterocycles. The third-order valence-corrected chi connectivity index (χ3v) is 2.99. The van der Waals surface area contributed by atoms with Crippen molar-refractivity contribution in [1.82, 2.24) is 30.0 Å². The standard InChI is InChI=1S/C12H18N6O2/c1-8(2)4-9(12(19)20)7-18-11(14-15-16-18)10-5-13-17(3)6-10/h5-6,8-9H,4,7H2,1-3H3,(H,19,20). The number of carbonyl (C=O) groups is 1. The first-order valence-electron chi connectivity index (χ1n) is 6.45. The second-order valence-corrected chi connectivity index (χ2v) is 5.25. The van der Waals surface area contributed by atoms with Gasteiger partial charge in [0.15, 0.2) is 5.82 Å². The van der Waals surface area contributed by atoms with Gasteiger partial charge in [0.1, 0.15) is 0 Å². The Bertz CT molecular complexity index is 588. The van der Waals surface area contributed by atoms with E-state index in [0.29, 0.717) is 18.2 Å². The van der Waals surface area contributed by atoms with Crippen LogP contribution in [0.4, 0.5) is 0 Å². The fourth-order valence-corrected chi connectivity index (χ4v) is 2.10.